The Morgan fingerprint density at radius 3 is 2.13 bits per heavy atom. The average Bonchev–Trinajstić information content (AvgIpc) is 2.77. The molecule has 31 heavy (non-hydrogen) atoms. The Balaban J connectivity index is 1.65. The molecule has 1 aliphatic heterocycles. The summed E-state index contributed by atoms with van der Waals surface area (Å²) in [7, 11) is 0. The van der Waals surface area contributed by atoms with Gasteiger partial charge in [-0.15, -0.1) is 0 Å². The Morgan fingerprint density at radius 1 is 0.903 bits per heavy atom. The van der Waals surface area contributed by atoms with Gasteiger partial charge in [0.05, 0.1) is 11.1 Å². The summed E-state index contributed by atoms with van der Waals surface area (Å²) >= 11 is 6.23. The second kappa shape index (κ2) is 11.8. The lowest BCUT2D eigenvalue weighted by Gasteiger charge is -2.28. The van der Waals surface area contributed by atoms with Crippen LogP contribution in [0.15, 0.2) is 42.5 Å². The molecule has 0 radical (unpaired) electrons. The van der Waals surface area contributed by atoms with Crippen LogP contribution in [0, 0.1) is 0 Å². The Labute approximate surface area is 189 Å². The van der Waals surface area contributed by atoms with Crippen molar-refractivity contribution in [2.75, 3.05) is 24.5 Å². The number of halogens is 1. The average molecular weight is 443 g/mol. The van der Waals surface area contributed by atoms with Gasteiger partial charge in [0, 0.05) is 30.3 Å². The minimum Gasteiger partial charge on any atom is -0.478 e. The Bertz CT molecular complexity index is 873. The van der Waals surface area contributed by atoms with Gasteiger partial charge in [0.1, 0.15) is 0 Å². The largest absolute Gasteiger partial charge is 0.478 e. The molecular weight excluding hydrogens is 412 g/mol. The van der Waals surface area contributed by atoms with Crippen LogP contribution in [0.1, 0.15) is 71.2 Å². The number of anilines is 1. The first kappa shape index (κ1) is 23.1. The lowest BCUT2D eigenvalue weighted by atomic mass is 10.0. The first-order valence-corrected chi connectivity index (χ1v) is 11.6. The molecule has 1 amide bonds. The number of benzene rings is 2. The summed E-state index contributed by atoms with van der Waals surface area (Å²) < 4.78 is 0. The maximum Gasteiger partial charge on any atom is 0.335 e. The molecule has 2 aromatic carbocycles. The fourth-order valence-corrected chi connectivity index (χ4v) is 4.21. The van der Waals surface area contributed by atoms with E-state index in [2.05, 4.69) is 10.2 Å². The van der Waals surface area contributed by atoms with Crippen molar-refractivity contribution < 1.29 is 14.7 Å². The molecule has 5 nitrogen and oxygen atoms in total. The Kier molecular flexibility index (Phi) is 8.77. The van der Waals surface area contributed by atoms with Crippen LogP contribution in [0.25, 0.3) is 0 Å². The predicted molar refractivity (Wildman–Crippen MR) is 125 cm³/mol. The van der Waals surface area contributed by atoms with E-state index >= 15 is 0 Å². The minimum absolute atomic E-state index is 0.128. The van der Waals surface area contributed by atoms with E-state index in [1.54, 1.807) is 30.3 Å². The SMILES string of the molecule is O=C(O)c1ccc(CCNC(=O)c2cc(Cl)ccc2N2CCCCCCCCC2)cc1. The highest BCUT2D eigenvalue weighted by Crippen LogP contribution is 2.26. The second-order valence-electron chi connectivity index (χ2n) is 8.13. The maximum absolute atomic E-state index is 13.0. The lowest BCUT2D eigenvalue weighted by molar-refractivity contribution is 0.0696. The number of aromatic carboxylic acids is 1. The summed E-state index contributed by atoms with van der Waals surface area (Å²) in [5.74, 6) is -1.07. The zero-order valence-electron chi connectivity index (χ0n) is 17.9. The van der Waals surface area contributed by atoms with Crippen LogP contribution >= 0.6 is 11.6 Å². The number of hydrogen-bond acceptors (Lipinski definition) is 3. The van der Waals surface area contributed by atoms with Gasteiger partial charge in [-0.2, -0.15) is 0 Å². The van der Waals surface area contributed by atoms with Crippen molar-refractivity contribution >= 4 is 29.2 Å². The van der Waals surface area contributed by atoms with Crippen LogP contribution < -0.4 is 10.2 Å². The van der Waals surface area contributed by atoms with Crippen LogP contribution in [-0.4, -0.2) is 36.6 Å². The Morgan fingerprint density at radius 2 is 1.52 bits per heavy atom. The molecule has 1 aliphatic rings. The molecule has 2 aromatic rings. The summed E-state index contributed by atoms with van der Waals surface area (Å²) in [5.41, 5.74) is 2.81. The fourth-order valence-electron chi connectivity index (χ4n) is 4.04. The molecule has 0 unspecified atom stereocenters. The normalized spacial score (nSPS) is 15.3. The van der Waals surface area contributed by atoms with Gasteiger partial charge in [-0.25, -0.2) is 4.79 Å². The van der Waals surface area contributed by atoms with Gasteiger partial charge in [0.15, 0.2) is 0 Å². The van der Waals surface area contributed by atoms with Crippen molar-refractivity contribution in [3.05, 3.63) is 64.2 Å². The van der Waals surface area contributed by atoms with E-state index < -0.39 is 5.97 Å². The molecule has 1 fully saturated rings. The van der Waals surface area contributed by atoms with Gasteiger partial charge in [-0.1, -0.05) is 55.8 Å². The summed E-state index contributed by atoms with van der Waals surface area (Å²) in [6, 6.07) is 12.3. The van der Waals surface area contributed by atoms with E-state index in [0.29, 0.717) is 23.6 Å². The standard InChI is InChI=1S/C25H31ClN2O3/c26-21-12-13-23(28-16-6-4-2-1-3-5-7-17-28)22(18-21)24(29)27-15-14-19-8-10-20(11-9-19)25(30)31/h8-13,18H,1-7,14-17H2,(H,27,29)(H,30,31). The second-order valence-corrected chi connectivity index (χ2v) is 8.57. The topological polar surface area (TPSA) is 69.6 Å². The molecular formula is C25H31ClN2O3. The number of carboxylic acid groups (broad SMARTS) is 1. The summed E-state index contributed by atoms with van der Waals surface area (Å²) in [4.78, 5) is 26.3. The van der Waals surface area contributed by atoms with Crippen molar-refractivity contribution in [1.82, 2.24) is 5.32 Å². The van der Waals surface area contributed by atoms with Crippen LogP contribution in [0.3, 0.4) is 0 Å². The highest BCUT2D eigenvalue weighted by Gasteiger charge is 2.17. The van der Waals surface area contributed by atoms with E-state index in [1.165, 1.54) is 32.1 Å². The molecule has 1 saturated heterocycles. The molecule has 0 bridgehead atoms. The van der Waals surface area contributed by atoms with E-state index in [0.717, 1.165) is 37.2 Å². The predicted octanol–water partition coefficient (Wildman–Crippen LogP) is 5.56. The number of carboxylic acids is 1. The summed E-state index contributed by atoms with van der Waals surface area (Å²) in [6.07, 6.45) is 9.26. The number of rotatable bonds is 6. The first-order valence-electron chi connectivity index (χ1n) is 11.2. The van der Waals surface area contributed by atoms with Crippen LogP contribution in [0.2, 0.25) is 5.02 Å². The molecule has 166 valence electrons. The molecule has 0 saturated carbocycles. The van der Waals surface area contributed by atoms with Crippen molar-refractivity contribution in [3.63, 3.8) is 0 Å². The fraction of sp³-hybridized carbons (Fsp3) is 0.440. The molecule has 6 heteroatoms. The van der Waals surface area contributed by atoms with Gasteiger partial charge in [0.2, 0.25) is 0 Å². The minimum atomic E-state index is -0.941. The lowest BCUT2D eigenvalue weighted by Crippen LogP contribution is -2.31. The van der Waals surface area contributed by atoms with Crippen LogP contribution in [0.4, 0.5) is 5.69 Å². The zero-order valence-corrected chi connectivity index (χ0v) is 18.7. The Hall–Kier alpha value is -2.53. The van der Waals surface area contributed by atoms with Crippen LogP contribution in [0.5, 0.6) is 0 Å². The van der Waals surface area contributed by atoms with E-state index in [-0.39, 0.29) is 11.5 Å². The van der Waals surface area contributed by atoms with E-state index in [1.807, 2.05) is 12.1 Å². The van der Waals surface area contributed by atoms with Crippen molar-refractivity contribution in [1.29, 1.82) is 0 Å². The highest BCUT2D eigenvalue weighted by molar-refractivity contribution is 6.31. The molecule has 0 aliphatic carbocycles. The van der Waals surface area contributed by atoms with Crippen molar-refractivity contribution in [2.45, 2.75) is 51.4 Å². The molecule has 2 N–H and O–H groups in total. The third-order valence-corrected chi connectivity index (χ3v) is 6.04. The van der Waals surface area contributed by atoms with E-state index in [9.17, 15) is 9.59 Å². The number of carbonyl (C=O) groups is 2. The zero-order chi connectivity index (χ0) is 22.1. The molecule has 0 atom stereocenters. The van der Waals surface area contributed by atoms with Gasteiger partial charge in [-0.3, -0.25) is 4.79 Å². The maximum atomic E-state index is 13.0. The third kappa shape index (κ3) is 7.00. The molecule has 0 spiro atoms. The van der Waals surface area contributed by atoms with E-state index in [4.69, 9.17) is 16.7 Å². The third-order valence-electron chi connectivity index (χ3n) is 5.80. The number of amides is 1. The van der Waals surface area contributed by atoms with Crippen molar-refractivity contribution in [2.24, 2.45) is 0 Å². The number of nitrogens with one attached hydrogen (secondary N) is 1. The summed E-state index contributed by atoms with van der Waals surface area (Å²) in [5, 5.41) is 12.6. The first-order chi connectivity index (χ1) is 15.0. The summed E-state index contributed by atoms with van der Waals surface area (Å²) in [6.45, 7) is 2.38. The highest BCUT2D eigenvalue weighted by atomic mass is 35.5. The monoisotopic (exact) mass is 442 g/mol. The number of hydrogen-bond donors (Lipinski definition) is 2. The molecule has 0 aromatic heterocycles. The molecule has 3 rings (SSSR count). The van der Waals surface area contributed by atoms with Gasteiger partial charge >= 0.3 is 5.97 Å². The molecule has 1 heterocycles. The number of carbonyl (C=O) groups excluding carboxylic acids is 1. The van der Waals surface area contributed by atoms with Crippen molar-refractivity contribution in [3.8, 4) is 0 Å². The van der Waals surface area contributed by atoms with Gasteiger partial charge in [-0.05, 0) is 55.2 Å². The van der Waals surface area contributed by atoms with Crippen LogP contribution in [-0.2, 0) is 6.42 Å². The van der Waals surface area contributed by atoms with Gasteiger partial charge in [0.25, 0.3) is 5.91 Å². The quantitative estimate of drug-likeness (QED) is 0.614. The number of nitrogens with zero attached hydrogens (tertiary/aromatic N) is 1. The van der Waals surface area contributed by atoms with Gasteiger partial charge < -0.3 is 15.3 Å². The smallest absolute Gasteiger partial charge is 0.335 e.